The summed E-state index contributed by atoms with van der Waals surface area (Å²) < 4.78 is 0. The normalized spacial score (nSPS) is 12.4. The van der Waals surface area contributed by atoms with Crippen molar-refractivity contribution in [3.05, 3.63) is 81.3 Å². The second-order valence-corrected chi connectivity index (χ2v) is 9.79. The molecule has 3 N–H and O–H groups in total. The number of hydrogen-bond donors (Lipinski definition) is 3. The average Bonchev–Trinajstić information content (AvgIpc) is 3.34. The van der Waals surface area contributed by atoms with Crippen LogP contribution >= 0.6 is 23.1 Å². The first kappa shape index (κ1) is 25.7. The van der Waals surface area contributed by atoms with Crippen LogP contribution in [0.5, 0.6) is 0 Å². The topological polar surface area (TPSA) is 99.5 Å². The van der Waals surface area contributed by atoms with Crippen molar-refractivity contribution in [3.8, 4) is 11.1 Å². The minimum Gasteiger partial charge on any atom is -0.480 e. The van der Waals surface area contributed by atoms with E-state index in [1.165, 1.54) is 23.1 Å². The Kier molecular flexibility index (Phi) is 9.44. The summed E-state index contributed by atoms with van der Waals surface area (Å²) in [5.41, 5.74) is 6.59. The Bertz CT molecular complexity index is 1160. The van der Waals surface area contributed by atoms with E-state index < -0.39 is 17.9 Å². The fourth-order valence-corrected chi connectivity index (χ4v) is 4.71. The molecule has 1 atom stereocenters. The molecule has 0 aliphatic rings. The molecule has 0 aliphatic carbocycles. The maximum absolute atomic E-state index is 13.2. The molecule has 0 spiro atoms. The highest BCUT2D eigenvalue weighted by molar-refractivity contribution is 7.98. The van der Waals surface area contributed by atoms with Crippen LogP contribution in [0.1, 0.15) is 32.8 Å². The predicted octanol–water partition coefficient (Wildman–Crippen LogP) is 4.67. The van der Waals surface area contributed by atoms with Crippen LogP contribution in [0.25, 0.3) is 17.2 Å². The molecule has 0 saturated carbocycles. The van der Waals surface area contributed by atoms with E-state index >= 15 is 0 Å². The van der Waals surface area contributed by atoms with Gasteiger partial charge in [-0.1, -0.05) is 36.4 Å². The van der Waals surface area contributed by atoms with Gasteiger partial charge in [0, 0.05) is 16.6 Å². The van der Waals surface area contributed by atoms with Crippen LogP contribution in [0.3, 0.4) is 0 Å². The smallest absolute Gasteiger partial charge is 0.326 e. The third-order valence-electron chi connectivity index (χ3n) is 5.41. The van der Waals surface area contributed by atoms with E-state index in [0.717, 1.165) is 32.7 Å². The molecule has 3 aromatic rings. The van der Waals surface area contributed by atoms with Crippen molar-refractivity contribution in [1.82, 2.24) is 10.3 Å². The van der Waals surface area contributed by atoms with Crippen molar-refractivity contribution >= 4 is 41.1 Å². The molecule has 2 aromatic carbocycles. The largest absolute Gasteiger partial charge is 0.480 e. The Morgan fingerprint density at radius 1 is 1.21 bits per heavy atom. The van der Waals surface area contributed by atoms with Crippen molar-refractivity contribution in [2.24, 2.45) is 0 Å². The van der Waals surface area contributed by atoms with Gasteiger partial charge < -0.3 is 15.5 Å². The fourth-order valence-electron chi connectivity index (χ4n) is 3.64. The second-order valence-electron chi connectivity index (χ2n) is 7.88. The van der Waals surface area contributed by atoms with Gasteiger partial charge in [0.2, 0.25) is 0 Å². The summed E-state index contributed by atoms with van der Waals surface area (Å²) in [6, 6.07) is 12.4. The number of aryl methyl sites for hydroxylation is 1. The molecule has 1 heterocycles. The first-order chi connectivity index (χ1) is 16.4. The number of carbonyl (C=O) groups is 2. The Balaban J connectivity index is 1.97. The van der Waals surface area contributed by atoms with Gasteiger partial charge in [0.1, 0.15) is 6.04 Å². The summed E-state index contributed by atoms with van der Waals surface area (Å²) in [7, 11) is 0. The number of thiazole rings is 1. The Hall–Kier alpha value is -2.94. The van der Waals surface area contributed by atoms with Crippen LogP contribution < -0.4 is 5.32 Å². The van der Waals surface area contributed by atoms with E-state index in [1.807, 2.05) is 55.7 Å². The summed E-state index contributed by atoms with van der Waals surface area (Å²) in [5, 5.41) is 22.1. The van der Waals surface area contributed by atoms with E-state index in [2.05, 4.69) is 10.3 Å². The van der Waals surface area contributed by atoms with Gasteiger partial charge in [-0.2, -0.15) is 11.8 Å². The van der Waals surface area contributed by atoms with Gasteiger partial charge in [-0.15, -0.1) is 11.3 Å². The highest BCUT2D eigenvalue weighted by Crippen LogP contribution is 2.29. The van der Waals surface area contributed by atoms with Crippen LogP contribution in [0.4, 0.5) is 0 Å². The molecule has 0 fully saturated rings. The number of aliphatic hydroxyl groups is 1. The fraction of sp³-hybridized carbons (Fsp3) is 0.269. The zero-order valence-electron chi connectivity index (χ0n) is 19.2. The molecule has 3 rings (SSSR count). The standard InChI is InChI=1S/C26H28N2O4S2/c1-17-5-3-4-6-21(17)23-13-18(11-19(15-29)12-20-14-27-16-34-20)7-8-22(23)25(30)28-24(26(31)32)9-10-33-2/h3-8,12-14,16,24,29H,9-11,15H2,1-2H3,(H,28,30)(H,31,32)/b19-12+/t24-/m0/s1. The molecule has 34 heavy (non-hydrogen) atoms. The number of carbonyl (C=O) groups excluding carboxylic acids is 1. The van der Waals surface area contributed by atoms with Gasteiger partial charge in [0.15, 0.2) is 0 Å². The number of amides is 1. The SMILES string of the molecule is CSCC[C@H](NC(=O)c1ccc(C/C(=C\c2cncs2)CO)cc1-c1ccccc1C)C(=O)O. The monoisotopic (exact) mass is 496 g/mol. The Morgan fingerprint density at radius 2 is 2.00 bits per heavy atom. The van der Waals surface area contributed by atoms with Gasteiger partial charge in [-0.3, -0.25) is 9.78 Å². The molecular formula is C26H28N2O4S2. The predicted molar refractivity (Wildman–Crippen MR) is 139 cm³/mol. The van der Waals surface area contributed by atoms with Crippen molar-refractivity contribution in [2.45, 2.75) is 25.8 Å². The number of carboxylic acid groups (broad SMARTS) is 1. The number of nitrogens with zero attached hydrogens (tertiary/aromatic N) is 1. The lowest BCUT2D eigenvalue weighted by Crippen LogP contribution is -2.41. The first-order valence-corrected chi connectivity index (χ1v) is 13.1. The summed E-state index contributed by atoms with van der Waals surface area (Å²) in [5.74, 6) is -0.824. The molecule has 8 heteroatoms. The van der Waals surface area contributed by atoms with E-state index in [9.17, 15) is 19.8 Å². The number of nitrogens with one attached hydrogen (secondary N) is 1. The molecule has 0 aliphatic heterocycles. The van der Waals surface area contributed by atoms with Gasteiger partial charge >= 0.3 is 5.97 Å². The van der Waals surface area contributed by atoms with Crippen molar-refractivity contribution in [3.63, 3.8) is 0 Å². The second kappa shape index (κ2) is 12.5. The van der Waals surface area contributed by atoms with Gasteiger partial charge in [0.25, 0.3) is 5.91 Å². The lowest BCUT2D eigenvalue weighted by Gasteiger charge is -2.18. The highest BCUT2D eigenvalue weighted by Gasteiger charge is 2.22. The lowest BCUT2D eigenvalue weighted by molar-refractivity contribution is -0.139. The molecule has 1 aromatic heterocycles. The van der Waals surface area contributed by atoms with Crippen LogP contribution in [0.15, 0.2) is 59.7 Å². The molecule has 0 radical (unpaired) electrons. The van der Waals surface area contributed by atoms with Crippen LogP contribution in [0, 0.1) is 6.92 Å². The van der Waals surface area contributed by atoms with Crippen molar-refractivity contribution in [1.29, 1.82) is 0 Å². The third kappa shape index (κ3) is 6.79. The number of hydrogen-bond acceptors (Lipinski definition) is 6. The van der Waals surface area contributed by atoms with Gasteiger partial charge in [-0.05, 0) is 71.7 Å². The number of benzene rings is 2. The minimum absolute atomic E-state index is 0.0877. The highest BCUT2D eigenvalue weighted by atomic mass is 32.2. The molecule has 6 nitrogen and oxygen atoms in total. The molecule has 178 valence electrons. The minimum atomic E-state index is -1.04. The van der Waals surface area contributed by atoms with E-state index in [0.29, 0.717) is 24.2 Å². The average molecular weight is 497 g/mol. The van der Waals surface area contributed by atoms with Crippen molar-refractivity contribution in [2.75, 3.05) is 18.6 Å². The summed E-state index contributed by atoms with van der Waals surface area (Å²) in [6.07, 6.45) is 6.44. The number of carboxylic acids is 1. The molecular weight excluding hydrogens is 468 g/mol. The van der Waals surface area contributed by atoms with Crippen molar-refractivity contribution < 1.29 is 19.8 Å². The number of aliphatic carboxylic acids is 1. The van der Waals surface area contributed by atoms with Crippen LogP contribution in [-0.4, -0.2) is 51.7 Å². The zero-order chi connectivity index (χ0) is 24.5. The Morgan fingerprint density at radius 3 is 2.65 bits per heavy atom. The van der Waals surface area contributed by atoms with Crippen LogP contribution in [-0.2, 0) is 11.2 Å². The number of rotatable bonds is 11. The maximum Gasteiger partial charge on any atom is 0.326 e. The number of thioether (sulfide) groups is 1. The molecule has 0 bridgehead atoms. The zero-order valence-corrected chi connectivity index (χ0v) is 20.8. The van der Waals surface area contributed by atoms with Gasteiger partial charge in [0.05, 0.1) is 12.1 Å². The molecule has 0 saturated heterocycles. The number of aliphatic hydroxyl groups excluding tert-OH is 1. The van der Waals surface area contributed by atoms with E-state index in [-0.39, 0.29) is 6.61 Å². The maximum atomic E-state index is 13.2. The Labute approximate surface area is 207 Å². The molecule has 0 unspecified atom stereocenters. The van der Waals surface area contributed by atoms with Gasteiger partial charge in [-0.25, -0.2) is 4.79 Å². The quantitative estimate of drug-likeness (QED) is 0.357. The van der Waals surface area contributed by atoms with Crippen LogP contribution in [0.2, 0.25) is 0 Å². The first-order valence-electron chi connectivity index (χ1n) is 10.8. The lowest BCUT2D eigenvalue weighted by atomic mass is 9.92. The number of aromatic nitrogens is 1. The van der Waals surface area contributed by atoms with E-state index in [4.69, 9.17) is 0 Å². The van der Waals surface area contributed by atoms with E-state index in [1.54, 1.807) is 17.8 Å². The third-order valence-corrected chi connectivity index (χ3v) is 6.78. The summed E-state index contributed by atoms with van der Waals surface area (Å²) in [6.45, 7) is 1.89. The summed E-state index contributed by atoms with van der Waals surface area (Å²) >= 11 is 3.04. The molecule has 1 amide bonds. The summed E-state index contributed by atoms with van der Waals surface area (Å²) in [4.78, 5) is 29.9.